The molecule has 3 rings (SSSR count). The monoisotopic (exact) mass is 340 g/mol. The maximum absolute atomic E-state index is 9.20. The Bertz CT molecular complexity index is 683. The number of hydrogen-bond donors (Lipinski definition) is 2. The summed E-state index contributed by atoms with van der Waals surface area (Å²) >= 11 is 0. The summed E-state index contributed by atoms with van der Waals surface area (Å²) in [5, 5.41) is 12.5. The first kappa shape index (κ1) is 17.7. The minimum Gasteiger partial charge on any atom is -0.395 e. The van der Waals surface area contributed by atoms with Crippen LogP contribution in [-0.4, -0.2) is 48.9 Å². The molecular weight excluding hydrogens is 312 g/mol. The third-order valence-electron chi connectivity index (χ3n) is 4.82. The van der Waals surface area contributed by atoms with Crippen LogP contribution in [0.15, 0.2) is 42.6 Å². The summed E-state index contributed by atoms with van der Waals surface area (Å²) < 4.78 is 0. The average Bonchev–Trinajstić information content (AvgIpc) is 2.67. The Morgan fingerprint density at radius 1 is 1.08 bits per heavy atom. The number of para-hydroxylation sites is 1. The zero-order valence-electron chi connectivity index (χ0n) is 15.2. The Hall–Kier alpha value is -2.11. The summed E-state index contributed by atoms with van der Waals surface area (Å²) in [5.41, 5.74) is 3.85. The normalized spacial score (nSPS) is 16.1. The predicted molar refractivity (Wildman–Crippen MR) is 103 cm³/mol. The number of anilines is 2. The van der Waals surface area contributed by atoms with E-state index in [9.17, 15) is 5.11 Å². The predicted octanol–water partition coefficient (Wildman–Crippen LogP) is 2.19. The van der Waals surface area contributed by atoms with Crippen LogP contribution in [0.1, 0.15) is 18.1 Å². The van der Waals surface area contributed by atoms with Gasteiger partial charge in [-0.1, -0.05) is 24.3 Å². The molecule has 1 atom stereocenters. The van der Waals surface area contributed by atoms with Gasteiger partial charge in [0.25, 0.3) is 0 Å². The lowest BCUT2D eigenvalue weighted by Crippen LogP contribution is -2.47. The van der Waals surface area contributed by atoms with E-state index in [4.69, 9.17) is 0 Å². The van der Waals surface area contributed by atoms with Crippen molar-refractivity contribution in [2.24, 2.45) is 0 Å². The molecule has 0 amide bonds. The molecule has 2 aromatic rings. The molecule has 0 radical (unpaired) electrons. The molecule has 0 spiro atoms. The van der Waals surface area contributed by atoms with Gasteiger partial charge in [0.1, 0.15) is 5.82 Å². The van der Waals surface area contributed by atoms with Crippen LogP contribution >= 0.6 is 0 Å². The summed E-state index contributed by atoms with van der Waals surface area (Å²) in [7, 11) is 0. The summed E-state index contributed by atoms with van der Waals surface area (Å²) in [6, 6.07) is 12.8. The van der Waals surface area contributed by atoms with E-state index in [0.29, 0.717) is 0 Å². The van der Waals surface area contributed by atoms with Gasteiger partial charge >= 0.3 is 0 Å². The molecule has 1 aliphatic rings. The van der Waals surface area contributed by atoms with Crippen LogP contribution < -0.4 is 15.1 Å². The first-order chi connectivity index (χ1) is 12.2. The van der Waals surface area contributed by atoms with E-state index < -0.39 is 0 Å². The number of pyridine rings is 1. The highest BCUT2D eigenvalue weighted by Crippen LogP contribution is 2.24. The highest BCUT2D eigenvalue weighted by atomic mass is 16.3. The lowest BCUT2D eigenvalue weighted by Gasteiger charge is -2.38. The van der Waals surface area contributed by atoms with Crippen molar-refractivity contribution in [2.45, 2.75) is 26.4 Å². The molecule has 1 aromatic carbocycles. The molecule has 0 saturated carbocycles. The number of aryl methyl sites for hydroxylation is 1. The van der Waals surface area contributed by atoms with E-state index in [-0.39, 0.29) is 12.6 Å². The fourth-order valence-electron chi connectivity index (χ4n) is 3.28. The second-order valence-electron chi connectivity index (χ2n) is 6.71. The molecule has 2 N–H and O–H groups in total. The number of hydrogen-bond acceptors (Lipinski definition) is 5. The minimum atomic E-state index is 0.0889. The maximum atomic E-state index is 9.20. The van der Waals surface area contributed by atoms with Gasteiger partial charge in [0, 0.05) is 56.2 Å². The van der Waals surface area contributed by atoms with Crippen molar-refractivity contribution < 1.29 is 5.11 Å². The summed E-state index contributed by atoms with van der Waals surface area (Å²) in [4.78, 5) is 9.46. The molecule has 1 unspecified atom stereocenters. The van der Waals surface area contributed by atoms with Gasteiger partial charge in [-0.2, -0.15) is 0 Å². The summed E-state index contributed by atoms with van der Waals surface area (Å²) in [6.45, 7) is 8.96. The Labute approximate surface area is 150 Å². The second-order valence-corrected chi connectivity index (χ2v) is 6.71. The van der Waals surface area contributed by atoms with E-state index in [0.717, 1.165) is 38.5 Å². The van der Waals surface area contributed by atoms with Gasteiger partial charge in [-0.3, -0.25) is 0 Å². The molecule has 134 valence electrons. The smallest absolute Gasteiger partial charge is 0.133 e. The van der Waals surface area contributed by atoms with Crippen LogP contribution in [0.3, 0.4) is 0 Å². The van der Waals surface area contributed by atoms with Crippen molar-refractivity contribution in [2.75, 3.05) is 42.6 Å². The zero-order valence-corrected chi connectivity index (χ0v) is 15.2. The first-order valence-corrected chi connectivity index (χ1v) is 9.02. The fourth-order valence-corrected chi connectivity index (χ4v) is 3.28. The van der Waals surface area contributed by atoms with Crippen molar-refractivity contribution in [3.63, 3.8) is 0 Å². The van der Waals surface area contributed by atoms with Crippen molar-refractivity contribution in [1.29, 1.82) is 0 Å². The van der Waals surface area contributed by atoms with Crippen molar-refractivity contribution in [3.8, 4) is 0 Å². The number of rotatable bonds is 6. The zero-order chi connectivity index (χ0) is 17.6. The molecular formula is C20H28N4O. The van der Waals surface area contributed by atoms with Crippen LogP contribution in [-0.2, 0) is 6.54 Å². The van der Waals surface area contributed by atoms with E-state index in [2.05, 4.69) is 57.4 Å². The van der Waals surface area contributed by atoms with E-state index in [1.807, 2.05) is 19.2 Å². The van der Waals surface area contributed by atoms with Gasteiger partial charge in [-0.05, 0) is 31.5 Å². The van der Waals surface area contributed by atoms with Gasteiger partial charge < -0.3 is 20.2 Å². The van der Waals surface area contributed by atoms with Crippen LogP contribution in [0.4, 0.5) is 11.5 Å². The highest BCUT2D eigenvalue weighted by Gasteiger charge is 2.21. The minimum absolute atomic E-state index is 0.0889. The summed E-state index contributed by atoms with van der Waals surface area (Å²) in [5.74, 6) is 1.06. The van der Waals surface area contributed by atoms with E-state index >= 15 is 0 Å². The molecule has 2 heterocycles. The van der Waals surface area contributed by atoms with Gasteiger partial charge in [0.05, 0.1) is 6.61 Å². The molecule has 5 nitrogen and oxygen atoms in total. The molecule has 0 aliphatic carbocycles. The molecule has 1 fully saturated rings. The van der Waals surface area contributed by atoms with E-state index in [1.54, 1.807) is 0 Å². The average molecular weight is 340 g/mol. The second kappa shape index (κ2) is 8.32. The van der Waals surface area contributed by atoms with Gasteiger partial charge in [-0.15, -0.1) is 0 Å². The highest BCUT2D eigenvalue weighted by molar-refractivity contribution is 5.55. The standard InChI is InChI=1S/C20H28N4O/c1-16-6-3-4-8-19(16)23-10-12-24(13-11-23)20-18(7-5-9-21-20)14-22-17(2)15-25/h3-9,17,22,25H,10-15H2,1-2H3. The van der Waals surface area contributed by atoms with E-state index in [1.165, 1.54) is 16.8 Å². The Balaban J connectivity index is 1.66. The third-order valence-corrected chi connectivity index (χ3v) is 4.82. The SMILES string of the molecule is Cc1ccccc1N1CCN(c2ncccc2CNC(C)CO)CC1. The largest absolute Gasteiger partial charge is 0.395 e. The van der Waals surface area contributed by atoms with Gasteiger partial charge in [0.2, 0.25) is 0 Å². The van der Waals surface area contributed by atoms with Crippen LogP contribution in [0.2, 0.25) is 0 Å². The Morgan fingerprint density at radius 2 is 1.80 bits per heavy atom. The number of aliphatic hydroxyl groups excluding tert-OH is 1. The third kappa shape index (κ3) is 4.30. The molecule has 1 aromatic heterocycles. The molecule has 1 aliphatic heterocycles. The van der Waals surface area contributed by atoms with Crippen LogP contribution in [0, 0.1) is 6.92 Å². The van der Waals surface area contributed by atoms with Crippen molar-refractivity contribution in [1.82, 2.24) is 10.3 Å². The van der Waals surface area contributed by atoms with Crippen LogP contribution in [0.5, 0.6) is 0 Å². The number of nitrogens with one attached hydrogen (secondary N) is 1. The summed E-state index contributed by atoms with van der Waals surface area (Å²) in [6.07, 6.45) is 1.86. The molecule has 1 saturated heterocycles. The molecule has 5 heteroatoms. The van der Waals surface area contributed by atoms with Crippen LogP contribution in [0.25, 0.3) is 0 Å². The maximum Gasteiger partial charge on any atom is 0.133 e. The molecule has 0 bridgehead atoms. The molecule has 25 heavy (non-hydrogen) atoms. The number of aliphatic hydroxyl groups is 1. The fraction of sp³-hybridized carbons (Fsp3) is 0.450. The van der Waals surface area contributed by atoms with Gasteiger partial charge in [0.15, 0.2) is 0 Å². The quantitative estimate of drug-likeness (QED) is 0.844. The lowest BCUT2D eigenvalue weighted by molar-refractivity contribution is 0.251. The number of benzene rings is 1. The van der Waals surface area contributed by atoms with Crippen molar-refractivity contribution >= 4 is 11.5 Å². The number of aromatic nitrogens is 1. The Morgan fingerprint density at radius 3 is 2.52 bits per heavy atom. The van der Waals surface area contributed by atoms with Crippen molar-refractivity contribution in [3.05, 3.63) is 53.7 Å². The topological polar surface area (TPSA) is 51.6 Å². The number of nitrogens with zero attached hydrogens (tertiary/aromatic N) is 3. The Kier molecular flexibility index (Phi) is 5.89. The van der Waals surface area contributed by atoms with Gasteiger partial charge in [-0.25, -0.2) is 4.98 Å². The first-order valence-electron chi connectivity index (χ1n) is 9.02. The number of piperazine rings is 1. The lowest BCUT2D eigenvalue weighted by atomic mass is 10.1.